The second kappa shape index (κ2) is 6.03. The molecule has 0 amide bonds. The minimum absolute atomic E-state index is 0.522. The maximum Gasteiger partial charge on any atom is 0.0524 e. The predicted molar refractivity (Wildman–Crippen MR) is 71.8 cm³/mol. The number of hydrogen-bond donors (Lipinski definition) is 0. The highest BCUT2D eigenvalue weighted by Gasteiger charge is 2.25. The summed E-state index contributed by atoms with van der Waals surface area (Å²) in [7, 11) is 1.78. The zero-order valence-electron chi connectivity index (χ0n) is 11.6. The van der Waals surface area contributed by atoms with Crippen molar-refractivity contribution in [2.24, 2.45) is 11.8 Å². The van der Waals surface area contributed by atoms with E-state index in [2.05, 4.69) is 20.7 Å². The van der Waals surface area contributed by atoms with Crippen LogP contribution in [0.3, 0.4) is 0 Å². The maximum atomic E-state index is 5.49. The van der Waals surface area contributed by atoms with Crippen molar-refractivity contribution in [1.82, 2.24) is 14.7 Å². The van der Waals surface area contributed by atoms with Crippen LogP contribution in [0.1, 0.15) is 12.1 Å². The fourth-order valence-electron chi connectivity index (χ4n) is 3.19. The second-order valence-corrected chi connectivity index (χ2v) is 5.75. The summed E-state index contributed by atoms with van der Waals surface area (Å²) in [6, 6.07) is 2.13. The monoisotopic (exact) mass is 265 g/mol. The molecule has 0 radical (unpaired) electrons. The van der Waals surface area contributed by atoms with Crippen LogP contribution < -0.4 is 0 Å². The minimum atomic E-state index is 0.522. The first kappa shape index (κ1) is 13.1. The van der Waals surface area contributed by atoms with Gasteiger partial charge in [-0.05, 0) is 18.4 Å². The third-order valence-electron chi connectivity index (χ3n) is 4.08. The molecule has 0 spiro atoms. The zero-order chi connectivity index (χ0) is 13.1. The molecule has 0 N–H and O–H groups in total. The lowest BCUT2D eigenvalue weighted by molar-refractivity contribution is 0.107. The van der Waals surface area contributed by atoms with Crippen LogP contribution in [0.15, 0.2) is 12.3 Å². The SMILES string of the molecule is COC[C@H]1CN(C[C@H]2CCOC2)Cc2ccnn2C1. The van der Waals surface area contributed by atoms with E-state index in [1.54, 1.807) is 7.11 Å². The summed E-state index contributed by atoms with van der Waals surface area (Å²) in [4.78, 5) is 2.55. The van der Waals surface area contributed by atoms with Crippen molar-refractivity contribution < 1.29 is 9.47 Å². The smallest absolute Gasteiger partial charge is 0.0524 e. The van der Waals surface area contributed by atoms with Crippen LogP contribution in [-0.4, -0.2) is 54.7 Å². The molecule has 106 valence electrons. The molecule has 1 saturated heterocycles. The van der Waals surface area contributed by atoms with Gasteiger partial charge in [-0.25, -0.2) is 0 Å². The fourth-order valence-corrected chi connectivity index (χ4v) is 3.19. The molecule has 2 aliphatic heterocycles. The molecule has 0 aromatic carbocycles. The van der Waals surface area contributed by atoms with Crippen LogP contribution in [0, 0.1) is 11.8 Å². The van der Waals surface area contributed by atoms with Gasteiger partial charge in [0.2, 0.25) is 0 Å². The molecule has 0 bridgehead atoms. The quantitative estimate of drug-likeness (QED) is 0.814. The molecule has 5 heteroatoms. The van der Waals surface area contributed by atoms with Gasteiger partial charge in [0, 0.05) is 52.0 Å². The lowest BCUT2D eigenvalue weighted by Crippen LogP contribution is -2.34. The molecule has 19 heavy (non-hydrogen) atoms. The molecule has 1 aromatic heterocycles. The number of aromatic nitrogens is 2. The average molecular weight is 265 g/mol. The van der Waals surface area contributed by atoms with Crippen molar-refractivity contribution in [2.75, 3.05) is 40.0 Å². The van der Waals surface area contributed by atoms with Gasteiger partial charge in [0.1, 0.15) is 0 Å². The molecule has 3 rings (SSSR count). The van der Waals surface area contributed by atoms with Gasteiger partial charge in [0.25, 0.3) is 0 Å². The number of rotatable bonds is 4. The summed E-state index contributed by atoms with van der Waals surface area (Å²) in [6.07, 6.45) is 3.10. The first-order valence-corrected chi connectivity index (χ1v) is 7.15. The van der Waals surface area contributed by atoms with Crippen LogP contribution in [0.2, 0.25) is 0 Å². The minimum Gasteiger partial charge on any atom is -0.384 e. The Hall–Kier alpha value is -0.910. The van der Waals surface area contributed by atoms with Crippen molar-refractivity contribution in [1.29, 1.82) is 0 Å². The van der Waals surface area contributed by atoms with Gasteiger partial charge >= 0.3 is 0 Å². The summed E-state index contributed by atoms with van der Waals surface area (Å²) in [5.74, 6) is 1.21. The number of nitrogens with zero attached hydrogens (tertiary/aromatic N) is 3. The van der Waals surface area contributed by atoms with Crippen LogP contribution >= 0.6 is 0 Å². The number of hydrogen-bond acceptors (Lipinski definition) is 4. The number of fused-ring (bicyclic) bond motifs is 1. The van der Waals surface area contributed by atoms with E-state index < -0.39 is 0 Å². The highest BCUT2D eigenvalue weighted by Crippen LogP contribution is 2.20. The van der Waals surface area contributed by atoms with Gasteiger partial charge in [-0.1, -0.05) is 0 Å². The number of ether oxygens (including phenoxy) is 2. The molecule has 0 unspecified atom stereocenters. The van der Waals surface area contributed by atoms with E-state index in [0.29, 0.717) is 11.8 Å². The average Bonchev–Trinajstić information content (AvgIpc) is 3.00. The van der Waals surface area contributed by atoms with Crippen molar-refractivity contribution in [2.45, 2.75) is 19.5 Å². The Balaban J connectivity index is 1.68. The topological polar surface area (TPSA) is 39.5 Å². The van der Waals surface area contributed by atoms with Gasteiger partial charge in [0.15, 0.2) is 0 Å². The Morgan fingerprint density at radius 2 is 2.37 bits per heavy atom. The van der Waals surface area contributed by atoms with Crippen molar-refractivity contribution >= 4 is 0 Å². The Labute approximate surface area is 114 Å². The Kier molecular flexibility index (Phi) is 4.15. The van der Waals surface area contributed by atoms with Gasteiger partial charge in [-0.15, -0.1) is 0 Å². The first-order valence-electron chi connectivity index (χ1n) is 7.15. The molecule has 2 atom stereocenters. The van der Waals surface area contributed by atoms with E-state index in [1.807, 2.05) is 6.20 Å². The van der Waals surface area contributed by atoms with Gasteiger partial charge < -0.3 is 9.47 Å². The molecule has 2 aliphatic rings. The summed E-state index contributed by atoms with van der Waals surface area (Å²) in [5, 5.41) is 4.43. The summed E-state index contributed by atoms with van der Waals surface area (Å²) in [6.45, 7) is 6.84. The first-order chi connectivity index (χ1) is 9.35. The molecule has 0 aliphatic carbocycles. The Bertz CT molecular complexity index is 401. The summed E-state index contributed by atoms with van der Waals surface area (Å²) < 4.78 is 13.0. The fraction of sp³-hybridized carbons (Fsp3) is 0.786. The normalized spacial score (nSPS) is 28.3. The molecular formula is C14H23N3O2. The van der Waals surface area contributed by atoms with E-state index in [4.69, 9.17) is 9.47 Å². The molecule has 0 saturated carbocycles. The van der Waals surface area contributed by atoms with E-state index in [-0.39, 0.29) is 0 Å². The lowest BCUT2D eigenvalue weighted by atomic mass is 10.1. The number of methoxy groups -OCH3 is 1. The second-order valence-electron chi connectivity index (χ2n) is 5.75. The largest absolute Gasteiger partial charge is 0.384 e. The van der Waals surface area contributed by atoms with E-state index in [0.717, 1.165) is 46.0 Å². The van der Waals surface area contributed by atoms with Crippen molar-refractivity contribution in [3.05, 3.63) is 18.0 Å². The standard InChI is InChI=1S/C14H23N3O2/c1-18-10-13-7-16(6-12-3-5-19-11-12)9-14-2-4-15-17(14)8-13/h2,4,12-13H,3,5-11H2,1H3/t12-,13+/m1/s1. The zero-order valence-corrected chi connectivity index (χ0v) is 11.6. The Morgan fingerprint density at radius 1 is 1.42 bits per heavy atom. The van der Waals surface area contributed by atoms with Crippen LogP contribution in [0.25, 0.3) is 0 Å². The van der Waals surface area contributed by atoms with Gasteiger partial charge in [-0.2, -0.15) is 5.10 Å². The molecule has 3 heterocycles. The van der Waals surface area contributed by atoms with Crippen LogP contribution in [0.4, 0.5) is 0 Å². The molecule has 1 aromatic rings. The van der Waals surface area contributed by atoms with E-state index >= 15 is 0 Å². The van der Waals surface area contributed by atoms with Gasteiger partial charge in [0.05, 0.1) is 18.9 Å². The molecular weight excluding hydrogens is 242 g/mol. The molecule has 1 fully saturated rings. The summed E-state index contributed by atoms with van der Waals surface area (Å²) in [5.41, 5.74) is 1.32. The van der Waals surface area contributed by atoms with E-state index in [9.17, 15) is 0 Å². The summed E-state index contributed by atoms with van der Waals surface area (Å²) >= 11 is 0. The third kappa shape index (κ3) is 3.16. The lowest BCUT2D eigenvalue weighted by Gasteiger charge is -2.25. The van der Waals surface area contributed by atoms with Gasteiger partial charge in [-0.3, -0.25) is 9.58 Å². The molecule has 5 nitrogen and oxygen atoms in total. The predicted octanol–water partition coefficient (Wildman–Crippen LogP) is 0.998. The van der Waals surface area contributed by atoms with Crippen LogP contribution in [0.5, 0.6) is 0 Å². The maximum absolute atomic E-state index is 5.49. The van der Waals surface area contributed by atoms with Crippen LogP contribution in [-0.2, 0) is 22.6 Å². The van der Waals surface area contributed by atoms with Crippen molar-refractivity contribution in [3.8, 4) is 0 Å². The Morgan fingerprint density at radius 3 is 3.16 bits per heavy atom. The van der Waals surface area contributed by atoms with Crippen molar-refractivity contribution in [3.63, 3.8) is 0 Å². The van der Waals surface area contributed by atoms with E-state index in [1.165, 1.54) is 12.1 Å². The highest BCUT2D eigenvalue weighted by atomic mass is 16.5. The third-order valence-corrected chi connectivity index (χ3v) is 4.08. The highest BCUT2D eigenvalue weighted by molar-refractivity contribution is 5.02.